The second-order valence-electron chi connectivity index (χ2n) is 6.78. The SMILES string of the molecule is CCCc1cccc(C2CCC(n3ccc4c(Cl)ncnc43)C2)c1. The second-order valence-corrected chi connectivity index (χ2v) is 7.14. The van der Waals surface area contributed by atoms with Crippen LogP contribution in [0, 0.1) is 0 Å². The van der Waals surface area contributed by atoms with Crippen LogP contribution in [0.1, 0.15) is 55.7 Å². The Hall–Kier alpha value is -1.87. The Labute approximate surface area is 147 Å². The monoisotopic (exact) mass is 339 g/mol. The average Bonchev–Trinajstić information content (AvgIpc) is 3.23. The summed E-state index contributed by atoms with van der Waals surface area (Å²) in [7, 11) is 0. The third-order valence-electron chi connectivity index (χ3n) is 5.22. The van der Waals surface area contributed by atoms with Crippen LogP contribution in [-0.2, 0) is 6.42 Å². The van der Waals surface area contributed by atoms with Crippen LogP contribution >= 0.6 is 11.6 Å². The van der Waals surface area contributed by atoms with Gasteiger partial charge in [-0.05, 0) is 48.8 Å². The van der Waals surface area contributed by atoms with Crippen molar-refractivity contribution in [2.45, 2.75) is 51.0 Å². The number of hydrogen-bond acceptors (Lipinski definition) is 2. The summed E-state index contributed by atoms with van der Waals surface area (Å²) in [4.78, 5) is 8.53. The molecule has 1 saturated carbocycles. The van der Waals surface area contributed by atoms with Crippen LogP contribution in [0.4, 0.5) is 0 Å². The quantitative estimate of drug-likeness (QED) is 0.584. The van der Waals surface area contributed by atoms with E-state index in [9.17, 15) is 0 Å². The largest absolute Gasteiger partial charge is 0.329 e. The standard InChI is InChI=1S/C20H22ClN3/c1-2-4-14-5-3-6-15(11-14)16-7-8-17(12-16)24-10-9-18-19(21)22-13-23-20(18)24/h3,5-6,9-11,13,16-17H,2,4,7-8,12H2,1H3. The van der Waals surface area contributed by atoms with Gasteiger partial charge in [0.25, 0.3) is 0 Å². The summed E-state index contributed by atoms with van der Waals surface area (Å²) in [5.41, 5.74) is 3.91. The van der Waals surface area contributed by atoms with Gasteiger partial charge >= 0.3 is 0 Å². The van der Waals surface area contributed by atoms with E-state index < -0.39 is 0 Å². The normalized spacial score (nSPS) is 20.8. The van der Waals surface area contributed by atoms with E-state index in [1.54, 1.807) is 6.33 Å². The van der Waals surface area contributed by atoms with Gasteiger partial charge in [-0.2, -0.15) is 0 Å². The summed E-state index contributed by atoms with van der Waals surface area (Å²) in [6.07, 6.45) is 9.63. The molecule has 0 amide bonds. The lowest BCUT2D eigenvalue weighted by Crippen LogP contribution is -2.05. The summed E-state index contributed by atoms with van der Waals surface area (Å²) < 4.78 is 2.29. The van der Waals surface area contributed by atoms with Gasteiger partial charge in [-0.25, -0.2) is 9.97 Å². The number of fused-ring (bicyclic) bond motifs is 1. The molecule has 0 bridgehead atoms. The van der Waals surface area contributed by atoms with Crippen molar-refractivity contribution < 1.29 is 0 Å². The minimum atomic E-state index is 0.494. The highest BCUT2D eigenvalue weighted by molar-refractivity contribution is 6.33. The zero-order chi connectivity index (χ0) is 16.5. The smallest absolute Gasteiger partial charge is 0.145 e. The van der Waals surface area contributed by atoms with E-state index >= 15 is 0 Å². The first kappa shape index (κ1) is 15.6. The Bertz CT molecular complexity index is 855. The molecule has 0 saturated heterocycles. The number of benzene rings is 1. The van der Waals surface area contributed by atoms with Gasteiger partial charge in [-0.15, -0.1) is 0 Å². The summed E-state index contributed by atoms with van der Waals surface area (Å²) in [5, 5.41) is 1.49. The predicted octanol–water partition coefficient (Wildman–Crippen LogP) is 5.55. The minimum Gasteiger partial charge on any atom is -0.329 e. The van der Waals surface area contributed by atoms with Gasteiger partial charge < -0.3 is 4.57 Å². The zero-order valence-corrected chi connectivity index (χ0v) is 14.7. The molecule has 4 rings (SSSR count). The molecule has 3 nitrogen and oxygen atoms in total. The minimum absolute atomic E-state index is 0.494. The summed E-state index contributed by atoms with van der Waals surface area (Å²) in [6, 6.07) is 11.7. The molecule has 1 aromatic carbocycles. The molecule has 1 fully saturated rings. The van der Waals surface area contributed by atoms with Crippen LogP contribution in [0.2, 0.25) is 5.15 Å². The molecule has 0 N–H and O–H groups in total. The van der Waals surface area contributed by atoms with Crippen molar-refractivity contribution in [1.82, 2.24) is 14.5 Å². The molecule has 124 valence electrons. The summed E-state index contributed by atoms with van der Waals surface area (Å²) >= 11 is 6.18. The molecule has 3 aromatic rings. The molecule has 2 atom stereocenters. The Morgan fingerprint density at radius 2 is 2.12 bits per heavy atom. The van der Waals surface area contributed by atoms with Gasteiger partial charge in [-0.3, -0.25) is 0 Å². The highest BCUT2D eigenvalue weighted by atomic mass is 35.5. The van der Waals surface area contributed by atoms with Crippen molar-refractivity contribution in [1.29, 1.82) is 0 Å². The van der Waals surface area contributed by atoms with Gasteiger partial charge in [0.2, 0.25) is 0 Å². The summed E-state index contributed by atoms with van der Waals surface area (Å²) in [5.74, 6) is 0.640. The van der Waals surface area contributed by atoms with Crippen LogP contribution < -0.4 is 0 Å². The molecule has 2 aromatic heterocycles. The van der Waals surface area contributed by atoms with Crippen LogP contribution in [-0.4, -0.2) is 14.5 Å². The maximum Gasteiger partial charge on any atom is 0.145 e. The first-order valence-corrected chi connectivity index (χ1v) is 9.20. The van der Waals surface area contributed by atoms with Crippen LogP contribution in [0.15, 0.2) is 42.9 Å². The van der Waals surface area contributed by atoms with Crippen molar-refractivity contribution in [2.75, 3.05) is 0 Å². The predicted molar refractivity (Wildman–Crippen MR) is 98.6 cm³/mol. The van der Waals surface area contributed by atoms with Gasteiger partial charge in [-0.1, -0.05) is 49.2 Å². The van der Waals surface area contributed by atoms with Gasteiger partial charge in [0, 0.05) is 12.2 Å². The van der Waals surface area contributed by atoms with E-state index in [0.29, 0.717) is 17.1 Å². The number of nitrogens with zero attached hydrogens (tertiary/aromatic N) is 3. The van der Waals surface area contributed by atoms with Crippen molar-refractivity contribution in [3.05, 3.63) is 59.1 Å². The molecule has 4 heteroatoms. The number of hydrogen-bond donors (Lipinski definition) is 0. The third kappa shape index (κ3) is 2.82. The fourth-order valence-electron chi connectivity index (χ4n) is 4.04. The molecule has 0 radical (unpaired) electrons. The van der Waals surface area contributed by atoms with Crippen LogP contribution in [0.25, 0.3) is 11.0 Å². The molecule has 1 aliphatic rings. The second kappa shape index (κ2) is 6.56. The highest BCUT2D eigenvalue weighted by Gasteiger charge is 2.28. The fourth-order valence-corrected chi connectivity index (χ4v) is 4.23. The van der Waals surface area contributed by atoms with E-state index in [-0.39, 0.29) is 0 Å². The summed E-state index contributed by atoms with van der Waals surface area (Å²) in [6.45, 7) is 2.24. The van der Waals surface area contributed by atoms with E-state index in [0.717, 1.165) is 11.0 Å². The van der Waals surface area contributed by atoms with Crippen LogP contribution in [0.3, 0.4) is 0 Å². The van der Waals surface area contributed by atoms with E-state index in [4.69, 9.17) is 11.6 Å². The maximum atomic E-state index is 6.18. The molecule has 1 aliphatic carbocycles. The van der Waals surface area contributed by atoms with Crippen LogP contribution in [0.5, 0.6) is 0 Å². The van der Waals surface area contributed by atoms with E-state index in [1.165, 1.54) is 43.2 Å². The molecule has 0 aliphatic heterocycles. The molecule has 24 heavy (non-hydrogen) atoms. The lowest BCUT2D eigenvalue weighted by atomic mass is 9.95. The van der Waals surface area contributed by atoms with Crippen molar-refractivity contribution in [3.8, 4) is 0 Å². The Balaban J connectivity index is 1.58. The maximum absolute atomic E-state index is 6.18. The Morgan fingerprint density at radius 1 is 1.21 bits per heavy atom. The Morgan fingerprint density at radius 3 is 3.00 bits per heavy atom. The molecular formula is C20H22ClN3. The zero-order valence-electron chi connectivity index (χ0n) is 14.0. The lowest BCUT2D eigenvalue weighted by molar-refractivity contribution is 0.523. The molecular weight excluding hydrogens is 318 g/mol. The lowest BCUT2D eigenvalue weighted by Gasteiger charge is -2.15. The van der Waals surface area contributed by atoms with Gasteiger partial charge in [0.1, 0.15) is 17.1 Å². The highest BCUT2D eigenvalue weighted by Crippen LogP contribution is 2.42. The van der Waals surface area contributed by atoms with E-state index in [2.05, 4.69) is 51.9 Å². The van der Waals surface area contributed by atoms with Crippen molar-refractivity contribution in [3.63, 3.8) is 0 Å². The van der Waals surface area contributed by atoms with Gasteiger partial charge in [0.15, 0.2) is 0 Å². The topological polar surface area (TPSA) is 30.7 Å². The fraction of sp³-hybridized carbons (Fsp3) is 0.400. The third-order valence-corrected chi connectivity index (χ3v) is 5.52. The molecule has 0 spiro atoms. The van der Waals surface area contributed by atoms with E-state index in [1.807, 2.05) is 6.07 Å². The number of rotatable bonds is 4. The Kier molecular flexibility index (Phi) is 4.28. The van der Waals surface area contributed by atoms with Crippen molar-refractivity contribution >= 4 is 22.6 Å². The van der Waals surface area contributed by atoms with Crippen molar-refractivity contribution in [2.24, 2.45) is 0 Å². The number of aryl methyl sites for hydroxylation is 1. The number of halogens is 1. The average molecular weight is 340 g/mol. The number of aromatic nitrogens is 3. The molecule has 2 unspecified atom stereocenters. The first-order chi connectivity index (χ1) is 11.8. The van der Waals surface area contributed by atoms with Gasteiger partial charge in [0.05, 0.1) is 5.39 Å². The molecule has 2 heterocycles. The first-order valence-electron chi connectivity index (χ1n) is 8.82.